The van der Waals surface area contributed by atoms with Crippen molar-refractivity contribution in [1.82, 2.24) is 0 Å². The van der Waals surface area contributed by atoms with Crippen LogP contribution in [0.5, 0.6) is 5.75 Å². The van der Waals surface area contributed by atoms with E-state index in [0.717, 1.165) is 11.7 Å². The summed E-state index contributed by atoms with van der Waals surface area (Å²) in [6, 6.07) is 8.65. The number of hydrogen-bond acceptors (Lipinski definition) is 1. The minimum absolute atomic E-state index is 0.415. The third-order valence-electron chi connectivity index (χ3n) is 4.75. The van der Waals surface area contributed by atoms with Crippen molar-refractivity contribution in [3.63, 3.8) is 0 Å². The minimum atomic E-state index is 0.415. The molecule has 0 unspecified atom stereocenters. The van der Waals surface area contributed by atoms with E-state index in [9.17, 15) is 0 Å². The zero-order valence-corrected chi connectivity index (χ0v) is 13.8. The highest BCUT2D eigenvalue weighted by Gasteiger charge is 2.30. The molecule has 1 aliphatic rings. The Hall–Kier alpha value is -0.980. The minimum Gasteiger partial charge on any atom is -0.490 e. The normalized spacial score (nSPS) is 23.9. The van der Waals surface area contributed by atoms with Gasteiger partial charge in [-0.15, -0.1) is 0 Å². The Labute approximate surface area is 124 Å². The molecule has 1 saturated carbocycles. The van der Waals surface area contributed by atoms with E-state index in [1.165, 1.54) is 31.2 Å². The van der Waals surface area contributed by atoms with E-state index in [1.54, 1.807) is 0 Å². The van der Waals surface area contributed by atoms with Crippen LogP contribution in [0.2, 0.25) is 0 Å². The van der Waals surface area contributed by atoms with E-state index < -0.39 is 0 Å². The third-order valence-corrected chi connectivity index (χ3v) is 4.75. The van der Waals surface area contributed by atoms with Gasteiger partial charge in [-0.25, -0.2) is 0 Å². The Morgan fingerprint density at radius 1 is 0.950 bits per heavy atom. The predicted molar refractivity (Wildman–Crippen MR) is 86.4 cm³/mol. The Kier molecular flexibility index (Phi) is 4.78. The van der Waals surface area contributed by atoms with Gasteiger partial charge < -0.3 is 4.74 Å². The molecule has 0 aromatic heterocycles. The lowest BCUT2D eigenvalue weighted by Gasteiger charge is -2.36. The average molecular weight is 274 g/mol. The van der Waals surface area contributed by atoms with Crippen molar-refractivity contribution in [3.05, 3.63) is 29.8 Å². The smallest absolute Gasteiger partial charge is 0.119 e. The first kappa shape index (κ1) is 15.4. The largest absolute Gasteiger partial charge is 0.490 e. The predicted octanol–water partition coefficient (Wildman–Crippen LogP) is 5.79. The van der Waals surface area contributed by atoms with Crippen molar-refractivity contribution >= 4 is 0 Å². The van der Waals surface area contributed by atoms with Crippen LogP contribution >= 0.6 is 0 Å². The molecule has 1 nitrogen and oxygen atoms in total. The van der Waals surface area contributed by atoms with Crippen molar-refractivity contribution in [2.24, 2.45) is 11.3 Å². The van der Waals surface area contributed by atoms with Crippen LogP contribution in [0, 0.1) is 11.3 Å². The number of benzene rings is 1. The highest BCUT2D eigenvalue weighted by molar-refractivity contribution is 5.29. The molecule has 1 aromatic carbocycles. The van der Waals surface area contributed by atoms with Gasteiger partial charge in [-0.05, 0) is 60.6 Å². The molecule has 1 fully saturated rings. The van der Waals surface area contributed by atoms with Gasteiger partial charge >= 0.3 is 0 Å². The fourth-order valence-corrected chi connectivity index (χ4v) is 3.17. The summed E-state index contributed by atoms with van der Waals surface area (Å²) in [5, 5.41) is 0. The summed E-state index contributed by atoms with van der Waals surface area (Å²) in [6.45, 7) is 11.5. The van der Waals surface area contributed by atoms with E-state index in [-0.39, 0.29) is 0 Å². The fourth-order valence-electron chi connectivity index (χ4n) is 3.17. The molecule has 0 saturated heterocycles. The second kappa shape index (κ2) is 6.20. The van der Waals surface area contributed by atoms with Crippen molar-refractivity contribution in [2.75, 3.05) is 0 Å². The summed E-state index contributed by atoms with van der Waals surface area (Å²) in [4.78, 5) is 0. The van der Waals surface area contributed by atoms with Gasteiger partial charge in [0, 0.05) is 0 Å². The van der Waals surface area contributed by atoms with Crippen LogP contribution in [-0.4, -0.2) is 6.10 Å². The molecule has 0 bridgehead atoms. The lowest BCUT2D eigenvalue weighted by Crippen LogP contribution is -2.30. The molecular formula is C19H30O. The molecule has 0 amide bonds. The van der Waals surface area contributed by atoms with Gasteiger partial charge in [0.2, 0.25) is 0 Å². The maximum absolute atomic E-state index is 6.15. The Bertz CT molecular complexity index is 402. The molecule has 1 aromatic rings. The highest BCUT2D eigenvalue weighted by Crippen LogP contribution is 2.38. The van der Waals surface area contributed by atoms with Crippen LogP contribution in [0.4, 0.5) is 0 Å². The number of hydrogen-bond donors (Lipinski definition) is 0. The summed E-state index contributed by atoms with van der Waals surface area (Å²) in [5.41, 5.74) is 1.83. The maximum atomic E-state index is 6.15. The third kappa shape index (κ3) is 4.01. The Morgan fingerprint density at radius 3 is 1.95 bits per heavy atom. The summed E-state index contributed by atoms with van der Waals surface area (Å²) in [7, 11) is 0. The Morgan fingerprint density at radius 2 is 1.50 bits per heavy atom. The second-order valence-corrected chi connectivity index (χ2v) is 7.68. The van der Waals surface area contributed by atoms with E-state index in [0.29, 0.717) is 17.4 Å². The molecule has 0 heterocycles. The van der Waals surface area contributed by atoms with Crippen molar-refractivity contribution in [2.45, 2.75) is 72.3 Å². The van der Waals surface area contributed by atoms with E-state index >= 15 is 0 Å². The quantitative estimate of drug-likeness (QED) is 0.677. The molecule has 0 atom stereocenters. The average Bonchev–Trinajstić information content (AvgIpc) is 2.39. The topological polar surface area (TPSA) is 9.23 Å². The Balaban J connectivity index is 1.86. The van der Waals surface area contributed by atoms with Crippen LogP contribution in [0.25, 0.3) is 0 Å². The zero-order valence-electron chi connectivity index (χ0n) is 13.8. The van der Waals surface area contributed by atoms with Gasteiger partial charge in [-0.1, -0.05) is 46.8 Å². The molecule has 2 rings (SSSR count). The van der Waals surface area contributed by atoms with Crippen molar-refractivity contribution in [3.8, 4) is 5.75 Å². The first-order chi connectivity index (χ1) is 9.36. The summed E-state index contributed by atoms with van der Waals surface area (Å²) >= 11 is 0. The number of ether oxygens (including phenoxy) is 1. The van der Waals surface area contributed by atoms with E-state index in [2.05, 4.69) is 58.9 Å². The van der Waals surface area contributed by atoms with Crippen LogP contribution in [0.1, 0.15) is 71.8 Å². The van der Waals surface area contributed by atoms with Gasteiger partial charge in [-0.3, -0.25) is 0 Å². The van der Waals surface area contributed by atoms with Crippen LogP contribution < -0.4 is 4.74 Å². The number of rotatable bonds is 3. The fraction of sp³-hybridized carbons (Fsp3) is 0.684. The van der Waals surface area contributed by atoms with E-state index in [1.807, 2.05) is 0 Å². The molecule has 1 heteroatoms. The molecule has 0 radical (unpaired) electrons. The van der Waals surface area contributed by atoms with Crippen LogP contribution in [0.15, 0.2) is 24.3 Å². The zero-order chi connectivity index (χ0) is 14.8. The lowest BCUT2D eigenvalue weighted by molar-refractivity contribution is 0.0882. The first-order valence-corrected chi connectivity index (χ1v) is 8.13. The monoisotopic (exact) mass is 274 g/mol. The van der Waals surface area contributed by atoms with Gasteiger partial charge in [0.15, 0.2) is 0 Å². The van der Waals surface area contributed by atoms with Crippen molar-refractivity contribution in [1.29, 1.82) is 0 Å². The van der Waals surface area contributed by atoms with Crippen molar-refractivity contribution < 1.29 is 4.74 Å². The van der Waals surface area contributed by atoms with Crippen LogP contribution in [0.3, 0.4) is 0 Å². The van der Waals surface area contributed by atoms with Gasteiger partial charge in [-0.2, -0.15) is 0 Å². The molecule has 0 aliphatic heterocycles. The standard InChI is InChI=1S/C19H30O/c1-14(2)15-6-10-17(11-7-15)20-18-12-8-16(9-13-18)19(3,4)5/h6-7,10-11,14,16,18H,8-9,12-13H2,1-5H3. The molecule has 1 aliphatic carbocycles. The van der Waals surface area contributed by atoms with Gasteiger partial charge in [0.05, 0.1) is 6.10 Å². The molecule has 20 heavy (non-hydrogen) atoms. The van der Waals surface area contributed by atoms with Crippen LogP contribution in [-0.2, 0) is 0 Å². The maximum Gasteiger partial charge on any atom is 0.119 e. The first-order valence-electron chi connectivity index (χ1n) is 8.13. The van der Waals surface area contributed by atoms with Gasteiger partial charge in [0.25, 0.3) is 0 Å². The molecule has 0 spiro atoms. The molecule has 0 N–H and O–H groups in total. The lowest BCUT2D eigenvalue weighted by atomic mass is 9.72. The highest BCUT2D eigenvalue weighted by atomic mass is 16.5. The summed E-state index contributed by atoms with van der Waals surface area (Å²) in [6.07, 6.45) is 5.43. The molecular weight excluding hydrogens is 244 g/mol. The van der Waals surface area contributed by atoms with Gasteiger partial charge in [0.1, 0.15) is 5.75 Å². The van der Waals surface area contributed by atoms with E-state index in [4.69, 9.17) is 4.74 Å². The summed E-state index contributed by atoms with van der Waals surface area (Å²) in [5.74, 6) is 2.48. The second-order valence-electron chi connectivity index (χ2n) is 7.68. The SMILES string of the molecule is CC(C)c1ccc(OC2CCC(C(C)(C)C)CC2)cc1. The molecule has 112 valence electrons. The summed E-state index contributed by atoms with van der Waals surface area (Å²) < 4.78 is 6.15.